The number of fused-ring (bicyclic) bond motifs is 2. The molecule has 2 aromatic carbocycles. The molecule has 0 unspecified atom stereocenters. The summed E-state index contributed by atoms with van der Waals surface area (Å²) in [5, 5.41) is 1.73. The van der Waals surface area contributed by atoms with Crippen molar-refractivity contribution in [3.05, 3.63) is 74.9 Å². The Morgan fingerprint density at radius 3 is 2.67 bits per heavy atom. The lowest BCUT2D eigenvalue weighted by Crippen LogP contribution is -2.17. The Balaban J connectivity index is 1.87. The summed E-state index contributed by atoms with van der Waals surface area (Å²) in [6.45, 7) is 1.15. The minimum atomic E-state index is -0.490. The molecule has 3 aromatic rings. The second-order valence-electron chi connectivity index (χ2n) is 7.31. The molecule has 0 spiro atoms. The highest BCUT2D eigenvalue weighted by atomic mass is 35.5. The van der Waals surface area contributed by atoms with Crippen LogP contribution in [0.25, 0.3) is 22.6 Å². The predicted octanol–water partition coefficient (Wildman–Crippen LogP) is 6.16. The van der Waals surface area contributed by atoms with E-state index in [0.29, 0.717) is 21.1 Å². The number of rotatable bonds is 4. The van der Waals surface area contributed by atoms with E-state index < -0.39 is 5.97 Å². The van der Waals surface area contributed by atoms with Crippen molar-refractivity contribution in [1.29, 1.82) is 0 Å². The number of halogens is 2. The third-order valence-electron chi connectivity index (χ3n) is 5.07. The Hall–Kier alpha value is -2.69. The van der Waals surface area contributed by atoms with Gasteiger partial charge in [0.05, 0.1) is 26.8 Å². The van der Waals surface area contributed by atoms with Crippen molar-refractivity contribution in [2.24, 2.45) is 0 Å². The van der Waals surface area contributed by atoms with E-state index in [1.807, 2.05) is 42.5 Å². The number of allylic oxidation sites excluding steroid dienone is 1. The number of aromatic nitrogens is 1. The van der Waals surface area contributed by atoms with Gasteiger partial charge in [-0.2, -0.15) is 0 Å². The van der Waals surface area contributed by atoms with Gasteiger partial charge in [-0.05, 0) is 67.2 Å². The van der Waals surface area contributed by atoms with Crippen LogP contribution in [0.2, 0.25) is 10.0 Å². The minimum absolute atomic E-state index is 0.198. The molecule has 1 aliphatic rings. The van der Waals surface area contributed by atoms with Gasteiger partial charge in [0.15, 0.2) is 5.78 Å². The highest BCUT2D eigenvalue weighted by molar-refractivity contribution is 6.42. The first-order valence-corrected chi connectivity index (χ1v) is 10.4. The van der Waals surface area contributed by atoms with E-state index in [1.165, 1.54) is 6.92 Å². The monoisotopic (exact) mass is 439 g/mol. The number of hydrogen-bond acceptors (Lipinski definition) is 4. The Bertz CT molecular complexity index is 1200. The number of ketones is 1. The zero-order chi connectivity index (χ0) is 21.3. The second-order valence-corrected chi connectivity index (χ2v) is 8.12. The highest BCUT2D eigenvalue weighted by Gasteiger charge is 2.26. The van der Waals surface area contributed by atoms with E-state index >= 15 is 0 Å². The second kappa shape index (κ2) is 8.58. The summed E-state index contributed by atoms with van der Waals surface area (Å²) >= 11 is 12.2. The third kappa shape index (κ3) is 4.11. The first-order valence-electron chi connectivity index (χ1n) is 9.68. The van der Waals surface area contributed by atoms with Crippen LogP contribution in [-0.2, 0) is 16.0 Å². The Morgan fingerprint density at radius 2 is 1.90 bits per heavy atom. The van der Waals surface area contributed by atoms with Crippen LogP contribution in [-0.4, -0.2) is 23.3 Å². The number of Topliss-reactive ketones (excluding diaryl/α,β-unsaturated/α-hetero) is 1. The fourth-order valence-electron chi connectivity index (χ4n) is 3.75. The van der Waals surface area contributed by atoms with Crippen molar-refractivity contribution >= 4 is 57.5 Å². The van der Waals surface area contributed by atoms with Crippen molar-refractivity contribution in [1.82, 2.24) is 4.98 Å². The average molecular weight is 440 g/mol. The van der Waals surface area contributed by atoms with Crippen LogP contribution in [0, 0.1) is 0 Å². The average Bonchev–Trinajstić information content (AvgIpc) is 2.73. The number of hydrogen-bond donors (Lipinski definition) is 0. The van der Waals surface area contributed by atoms with E-state index in [4.69, 9.17) is 32.9 Å². The van der Waals surface area contributed by atoms with Crippen LogP contribution in [0.4, 0.5) is 0 Å². The zero-order valence-electron chi connectivity index (χ0n) is 16.4. The standard InChI is InChI=1S/C24H19Cl2NO3/c1-14(28)13-30-24(29)22-17-6-2-3-8-21(17)27-23-16(5-4-7-18(22)23)11-15-9-10-19(25)20(26)12-15/h2-3,6,8-12H,4-5,7,13H2,1H3. The molecule has 0 radical (unpaired) electrons. The first-order chi connectivity index (χ1) is 14.4. The minimum Gasteiger partial charge on any atom is -0.454 e. The lowest BCUT2D eigenvalue weighted by atomic mass is 9.86. The van der Waals surface area contributed by atoms with Gasteiger partial charge >= 0.3 is 5.97 Å². The fraction of sp³-hybridized carbons (Fsp3) is 0.208. The topological polar surface area (TPSA) is 56.3 Å². The molecule has 0 bridgehead atoms. The van der Waals surface area contributed by atoms with Crippen molar-refractivity contribution in [2.45, 2.75) is 26.2 Å². The van der Waals surface area contributed by atoms with E-state index in [0.717, 1.165) is 47.0 Å². The van der Waals surface area contributed by atoms with Crippen LogP contribution in [0.1, 0.15) is 46.9 Å². The number of ether oxygens (including phenoxy) is 1. The number of para-hydroxylation sites is 1. The summed E-state index contributed by atoms with van der Waals surface area (Å²) in [6, 6.07) is 13.0. The van der Waals surface area contributed by atoms with Gasteiger partial charge in [-0.3, -0.25) is 4.79 Å². The van der Waals surface area contributed by atoms with E-state index in [9.17, 15) is 9.59 Å². The number of pyridine rings is 1. The van der Waals surface area contributed by atoms with Crippen molar-refractivity contribution in [2.75, 3.05) is 6.61 Å². The SMILES string of the molecule is CC(=O)COC(=O)c1c2c(nc3ccccc13)C(=Cc1ccc(Cl)c(Cl)c1)CCC2. The number of nitrogens with zero attached hydrogens (tertiary/aromatic N) is 1. The number of carbonyl (C=O) groups is 2. The fourth-order valence-corrected chi connectivity index (χ4v) is 4.06. The number of esters is 1. The van der Waals surface area contributed by atoms with Crippen LogP contribution < -0.4 is 0 Å². The first kappa shape index (κ1) is 20.6. The lowest BCUT2D eigenvalue weighted by Gasteiger charge is -2.22. The zero-order valence-corrected chi connectivity index (χ0v) is 17.9. The van der Waals surface area contributed by atoms with Crippen LogP contribution in [0.15, 0.2) is 42.5 Å². The Morgan fingerprint density at radius 1 is 1.10 bits per heavy atom. The van der Waals surface area contributed by atoms with Gasteiger partial charge < -0.3 is 4.74 Å². The summed E-state index contributed by atoms with van der Waals surface area (Å²) in [7, 11) is 0. The van der Waals surface area contributed by atoms with E-state index in [1.54, 1.807) is 6.07 Å². The van der Waals surface area contributed by atoms with Crippen LogP contribution >= 0.6 is 23.2 Å². The summed E-state index contributed by atoms with van der Waals surface area (Å²) in [5.74, 6) is -0.688. The molecule has 152 valence electrons. The molecule has 6 heteroatoms. The molecule has 0 saturated carbocycles. The van der Waals surface area contributed by atoms with Gasteiger partial charge in [-0.25, -0.2) is 9.78 Å². The van der Waals surface area contributed by atoms with Gasteiger partial charge in [-0.1, -0.05) is 47.5 Å². The summed E-state index contributed by atoms with van der Waals surface area (Å²) in [5.41, 5.74) is 4.81. The van der Waals surface area contributed by atoms with Gasteiger partial charge in [0.25, 0.3) is 0 Å². The molecular weight excluding hydrogens is 421 g/mol. The molecule has 0 amide bonds. The molecule has 30 heavy (non-hydrogen) atoms. The van der Waals surface area contributed by atoms with Crippen LogP contribution in [0.3, 0.4) is 0 Å². The molecule has 0 atom stereocenters. The summed E-state index contributed by atoms with van der Waals surface area (Å²) in [4.78, 5) is 29.1. The quantitative estimate of drug-likeness (QED) is 0.456. The molecule has 0 fully saturated rings. The van der Waals surface area contributed by atoms with Gasteiger partial charge in [0.1, 0.15) is 6.61 Å². The largest absolute Gasteiger partial charge is 0.454 e. The smallest absolute Gasteiger partial charge is 0.339 e. The third-order valence-corrected chi connectivity index (χ3v) is 5.80. The normalized spacial score (nSPS) is 14.6. The number of carbonyl (C=O) groups excluding carboxylic acids is 2. The van der Waals surface area contributed by atoms with Gasteiger partial charge in [0.2, 0.25) is 0 Å². The van der Waals surface area contributed by atoms with Crippen LogP contribution in [0.5, 0.6) is 0 Å². The van der Waals surface area contributed by atoms with Crippen molar-refractivity contribution in [3.8, 4) is 0 Å². The van der Waals surface area contributed by atoms with Crippen molar-refractivity contribution < 1.29 is 14.3 Å². The van der Waals surface area contributed by atoms with E-state index in [2.05, 4.69) is 0 Å². The predicted molar refractivity (Wildman–Crippen MR) is 120 cm³/mol. The molecule has 1 aliphatic carbocycles. The molecule has 1 aromatic heterocycles. The molecule has 0 N–H and O–H groups in total. The molecule has 4 rings (SSSR count). The number of benzene rings is 2. The van der Waals surface area contributed by atoms with Gasteiger partial charge in [-0.15, -0.1) is 0 Å². The molecule has 1 heterocycles. The molecule has 4 nitrogen and oxygen atoms in total. The summed E-state index contributed by atoms with van der Waals surface area (Å²) < 4.78 is 5.28. The maximum absolute atomic E-state index is 12.9. The van der Waals surface area contributed by atoms with Gasteiger partial charge in [0, 0.05) is 5.39 Å². The molecule has 0 saturated heterocycles. The maximum Gasteiger partial charge on any atom is 0.339 e. The molecule has 0 aliphatic heterocycles. The lowest BCUT2D eigenvalue weighted by molar-refractivity contribution is -0.120. The Labute approximate surface area is 184 Å². The molecular formula is C24H19Cl2NO3. The maximum atomic E-state index is 12.9. The Kier molecular flexibility index (Phi) is 5.89. The van der Waals surface area contributed by atoms with Crippen molar-refractivity contribution in [3.63, 3.8) is 0 Å². The highest BCUT2D eigenvalue weighted by Crippen LogP contribution is 2.37. The van der Waals surface area contributed by atoms with E-state index in [-0.39, 0.29) is 12.4 Å². The summed E-state index contributed by atoms with van der Waals surface area (Å²) in [6.07, 6.45) is 4.47.